The van der Waals surface area contributed by atoms with Crippen LogP contribution in [0.25, 0.3) is 0 Å². The molecule has 1 N–H and O–H groups in total. The fourth-order valence-electron chi connectivity index (χ4n) is 2.56. The van der Waals surface area contributed by atoms with E-state index in [1.807, 2.05) is 6.07 Å². The molecule has 1 atom stereocenters. The third-order valence-electron chi connectivity index (χ3n) is 3.38. The summed E-state index contributed by atoms with van der Waals surface area (Å²) in [7, 11) is 3.14. The first kappa shape index (κ1) is 13.3. The van der Waals surface area contributed by atoms with Crippen LogP contribution in [-0.2, 0) is 11.3 Å². The molecule has 1 aromatic carbocycles. The lowest BCUT2D eigenvalue weighted by molar-refractivity contribution is 0.184. The molecule has 1 aliphatic rings. The third kappa shape index (κ3) is 2.82. The van der Waals surface area contributed by atoms with Gasteiger partial charge in [-0.1, -0.05) is 0 Å². The molecule has 3 nitrogen and oxygen atoms in total. The van der Waals surface area contributed by atoms with Gasteiger partial charge in [-0.15, -0.1) is 0 Å². The van der Waals surface area contributed by atoms with Crippen molar-refractivity contribution >= 4 is 0 Å². The first-order valence-corrected chi connectivity index (χ1v) is 6.32. The Balaban J connectivity index is 2.34. The number of halogens is 1. The molecule has 0 radical (unpaired) electrons. The van der Waals surface area contributed by atoms with Gasteiger partial charge in [0.05, 0.1) is 13.7 Å². The molecule has 0 aromatic heterocycles. The predicted octanol–water partition coefficient (Wildman–Crippen LogP) is 2.45. The normalized spacial score (nSPS) is 19.8. The molecule has 2 rings (SSSR count). The van der Waals surface area contributed by atoms with Crippen LogP contribution in [0.4, 0.5) is 4.39 Å². The molecule has 1 fully saturated rings. The number of rotatable bonds is 4. The van der Waals surface area contributed by atoms with Gasteiger partial charge in [-0.2, -0.15) is 0 Å². The molecule has 1 aliphatic heterocycles. The van der Waals surface area contributed by atoms with Gasteiger partial charge in [0, 0.05) is 25.1 Å². The summed E-state index contributed by atoms with van der Waals surface area (Å²) in [6, 6.07) is 3.49. The third-order valence-corrected chi connectivity index (χ3v) is 3.38. The quantitative estimate of drug-likeness (QED) is 0.894. The maximum absolute atomic E-state index is 14.0. The number of piperidine rings is 1. The Kier molecular flexibility index (Phi) is 4.55. The SMILES string of the molecule is COCc1cc(F)c(OC)c(C2CCCNC2)c1. The van der Waals surface area contributed by atoms with Gasteiger partial charge in [0.1, 0.15) is 0 Å². The monoisotopic (exact) mass is 253 g/mol. The van der Waals surface area contributed by atoms with Crippen LogP contribution in [0.1, 0.15) is 29.9 Å². The van der Waals surface area contributed by atoms with Crippen molar-refractivity contribution in [1.29, 1.82) is 0 Å². The van der Waals surface area contributed by atoms with E-state index >= 15 is 0 Å². The number of ether oxygens (including phenoxy) is 2. The average molecular weight is 253 g/mol. The van der Waals surface area contributed by atoms with Crippen LogP contribution in [0.5, 0.6) is 5.75 Å². The Morgan fingerprint density at radius 2 is 2.22 bits per heavy atom. The second-order valence-electron chi connectivity index (χ2n) is 4.68. The minimum Gasteiger partial charge on any atom is -0.493 e. The maximum atomic E-state index is 14.0. The molecule has 4 heteroatoms. The topological polar surface area (TPSA) is 30.5 Å². The van der Waals surface area contributed by atoms with Crippen LogP contribution in [0, 0.1) is 5.82 Å². The number of hydrogen-bond acceptors (Lipinski definition) is 3. The highest BCUT2D eigenvalue weighted by Crippen LogP contribution is 2.34. The highest BCUT2D eigenvalue weighted by molar-refractivity contribution is 5.41. The van der Waals surface area contributed by atoms with E-state index in [0.717, 1.165) is 37.1 Å². The van der Waals surface area contributed by atoms with Crippen LogP contribution in [-0.4, -0.2) is 27.3 Å². The Morgan fingerprint density at radius 3 is 2.83 bits per heavy atom. The minimum absolute atomic E-state index is 0.298. The summed E-state index contributed by atoms with van der Waals surface area (Å²) in [6.07, 6.45) is 2.18. The van der Waals surface area contributed by atoms with Crippen LogP contribution in [0.3, 0.4) is 0 Å². The van der Waals surface area contributed by atoms with Gasteiger partial charge in [-0.25, -0.2) is 4.39 Å². The van der Waals surface area contributed by atoms with Crippen molar-refractivity contribution in [3.8, 4) is 5.75 Å². The van der Waals surface area contributed by atoms with Crippen molar-refractivity contribution in [3.05, 3.63) is 29.1 Å². The van der Waals surface area contributed by atoms with Gasteiger partial charge in [-0.05, 0) is 37.1 Å². The van der Waals surface area contributed by atoms with E-state index in [-0.39, 0.29) is 5.82 Å². The van der Waals surface area contributed by atoms with Gasteiger partial charge < -0.3 is 14.8 Å². The highest BCUT2D eigenvalue weighted by Gasteiger charge is 2.22. The first-order valence-electron chi connectivity index (χ1n) is 6.32. The van der Waals surface area contributed by atoms with Gasteiger partial charge in [0.25, 0.3) is 0 Å². The van der Waals surface area contributed by atoms with E-state index in [2.05, 4.69) is 5.32 Å². The van der Waals surface area contributed by atoms with Crippen molar-refractivity contribution in [2.45, 2.75) is 25.4 Å². The zero-order valence-electron chi connectivity index (χ0n) is 11.0. The summed E-state index contributed by atoms with van der Waals surface area (Å²) >= 11 is 0. The van der Waals surface area contributed by atoms with Gasteiger partial charge in [0.15, 0.2) is 11.6 Å². The molecule has 1 aromatic rings. The summed E-state index contributed by atoms with van der Waals surface area (Å²) in [5, 5.41) is 3.35. The fraction of sp³-hybridized carbons (Fsp3) is 0.571. The van der Waals surface area contributed by atoms with Gasteiger partial charge in [-0.3, -0.25) is 0 Å². The Labute approximate surface area is 107 Å². The number of benzene rings is 1. The number of methoxy groups -OCH3 is 2. The molecule has 1 saturated heterocycles. The Morgan fingerprint density at radius 1 is 1.39 bits per heavy atom. The van der Waals surface area contributed by atoms with Crippen molar-refractivity contribution in [2.24, 2.45) is 0 Å². The lowest BCUT2D eigenvalue weighted by atomic mass is 9.89. The standard InChI is InChI=1S/C14H20FNO2/c1-17-9-10-6-12(11-4-3-5-16-8-11)14(18-2)13(15)7-10/h6-7,11,16H,3-5,8-9H2,1-2H3. The Bertz CT molecular complexity index is 403. The summed E-state index contributed by atoms with van der Waals surface area (Å²) in [4.78, 5) is 0. The van der Waals surface area contributed by atoms with Crippen molar-refractivity contribution in [1.82, 2.24) is 5.32 Å². The zero-order chi connectivity index (χ0) is 13.0. The minimum atomic E-state index is -0.298. The molecule has 0 aliphatic carbocycles. The number of hydrogen-bond donors (Lipinski definition) is 1. The van der Waals surface area contributed by atoms with E-state index in [9.17, 15) is 4.39 Å². The summed E-state index contributed by atoms with van der Waals surface area (Å²) in [5.74, 6) is 0.399. The summed E-state index contributed by atoms with van der Waals surface area (Å²) in [5.41, 5.74) is 1.81. The van der Waals surface area contributed by atoms with E-state index in [1.165, 1.54) is 13.2 Å². The van der Waals surface area contributed by atoms with E-state index in [4.69, 9.17) is 9.47 Å². The van der Waals surface area contributed by atoms with Crippen LogP contribution in [0.2, 0.25) is 0 Å². The Hall–Kier alpha value is -1.13. The van der Waals surface area contributed by atoms with Crippen LogP contribution >= 0.6 is 0 Å². The number of nitrogens with one attached hydrogen (secondary N) is 1. The van der Waals surface area contributed by atoms with E-state index in [0.29, 0.717) is 18.3 Å². The lowest BCUT2D eigenvalue weighted by Crippen LogP contribution is -2.28. The maximum Gasteiger partial charge on any atom is 0.165 e. The largest absolute Gasteiger partial charge is 0.493 e. The highest BCUT2D eigenvalue weighted by atomic mass is 19.1. The second kappa shape index (κ2) is 6.16. The van der Waals surface area contributed by atoms with E-state index < -0.39 is 0 Å². The molecule has 0 amide bonds. The molecular weight excluding hydrogens is 233 g/mol. The van der Waals surface area contributed by atoms with Crippen LogP contribution < -0.4 is 10.1 Å². The van der Waals surface area contributed by atoms with Crippen molar-refractivity contribution < 1.29 is 13.9 Å². The smallest absolute Gasteiger partial charge is 0.165 e. The van der Waals surface area contributed by atoms with Crippen LogP contribution in [0.15, 0.2) is 12.1 Å². The molecule has 0 bridgehead atoms. The molecule has 18 heavy (non-hydrogen) atoms. The molecule has 1 heterocycles. The summed E-state index contributed by atoms with van der Waals surface area (Å²) < 4.78 is 24.3. The molecule has 0 saturated carbocycles. The lowest BCUT2D eigenvalue weighted by Gasteiger charge is -2.25. The second-order valence-corrected chi connectivity index (χ2v) is 4.68. The van der Waals surface area contributed by atoms with Gasteiger partial charge >= 0.3 is 0 Å². The van der Waals surface area contributed by atoms with E-state index in [1.54, 1.807) is 7.11 Å². The van der Waals surface area contributed by atoms with Crippen molar-refractivity contribution in [3.63, 3.8) is 0 Å². The summed E-state index contributed by atoms with van der Waals surface area (Å²) in [6.45, 7) is 2.35. The zero-order valence-corrected chi connectivity index (χ0v) is 11.0. The predicted molar refractivity (Wildman–Crippen MR) is 68.5 cm³/mol. The molecular formula is C14H20FNO2. The fourth-order valence-corrected chi connectivity index (χ4v) is 2.56. The average Bonchev–Trinajstić information content (AvgIpc) is 2.39. The molecule has 0 spiro atoms. The molecule has 100 valence electrons. The first-order chi connectivity index (χ1) is 8.76. The van der Waals surface area contributed by atoms with Gasteiger partial charge in [0.2, 0.25) is 0 Å². The van der Waals surface area contributed by atoms with Crippen molar-refractivity contribution in [2.75, 3.05) is 27.3 Å². The molecule has 1 unspecified atom stereocenters.